The Hall–Kier alpha value is -2.26. The molecular formula is C17H16N2O. The number of fused-ring (bicyclic) bond motifs is 1. The number of aromatic nitrogens is 2. The largest absolute Gasteiger partial charge is 0.388 e. The van der Waals surface area contributed by atoms with Crippen LogP contribution in [0.25, 0.3) is 10.9 Å². The number of hydrogen-bond donors (Lipinski definition) is 1. The fourth-order valence-corrected chi connectivity index (χ4v) is 2.32. The maximum atomic E-state index is 10.3. The van der Waals surface area contributed by atoms with Crippen molar-refractivity contribution in [1.82, 2.24) is 9.97 Å². The molecule has 3 rings (SSSR count). The van der Waals surface area contributed by atoms with E-state index in [1.54, 1.807) is 18.6 Å². The minimum Gasteiger partial charge on any atom is -0.388 e. The standard InChI is InChI=1S/C17H16N2O/c20-17(6-3-13-7-10-18-11-8-13)15-4-5-16-14(12-15)2-1-9-19-16/h1-2,4-5,7-12,17,20H,3,6H2. The average Bonchev–Trinajstić information content (AvgIpc) is 2.53. The Morgan fingerprint density at radius 1 is 1.00 bits per heavy atom. The second kappa shape index (κ2) is 5.80. The van der Waals surface area contributed by atoms with Gasteiger partial charge in [0.05, 0.1) is 11.6 Å². The minimum absolute atomic E-state index is 0.451. The predicted molar refractivity (Wildman–Crippen MR) is 79.3 cm³/mol. The van der Waals surface area contributed by atoms with E-state index in [-0.39, 0.29) is 0 Å². The summed E-state index contributed by atoms with van der Waals surface area (Å²) in [5.74, 6) is 0. The third kappa shape index (κ3) is 2.83. The number of rotatable bonds is 4. The van der Waals surface area contributed by atoms with Gasteiger partial charge in [0.1, 0.15) is 0 Å². The van der Waals surface area contributed by atoms with Crippen molar-refractivity contribution in [3.63, 3.8) is 0 Å². The highest BCUT2D eigenvalue weighted by Gasteiger charge is 2.08. The summed E-state index contributed by atoms with van der Waals surface area (Å²) in [4.78, 5) is 8.28. The first-order chi connectivity index (χ1) is 9.83. The van der Waals surface area contributed by atoms with Crippen LogP contribution in [-0.2, 0) is 6.42 Å². The van der Waals surface area contributed by atoms with Crippen LogP contribution >= 0.6 is 0 Å². The molecule has 2 aromatic heterocycles. The molecule has 3 aromatic rings. The molecular weight excluding hydrogens is 248 g/mol. The second-order valence-corrected chi connectivity index (χ2v) is 4.87. The fraction of sp³-hybridized carbons (Fsp3) is 0.176. The van der Waals surface area contributed by atoms with Gasteiger partial charge in [-0.25, -0.2) is 0 Å². The second-order valence-electron chi connectivity index (χ2n) is 4.87. The first kappa shape index (κ1) is 12.8. The first-order valence-corrected chi connectivity index (χ1v) is 6.74. The Balaban J connectivity index is 1.73. The molecule has 0 saturated heterocycles. The Morgan fingerprint density at radius 2 is 1.85 bits per heavy atom. The van der Waals surface area contributed by atoms with Crippen LogP contribution in [0.4, 0.5) is 0 Å². The van der Waals surface area contributed by atoms with E-state index in [2.05, 4.69) is 9.97 Å². The third-order valence-electron chi connectivity index (χ3n) is 3.47. The van der Waals surface area contributed by atoms with Gasteiger partial charge in [-0.3, -0.25) is 9.97 Å². The van der Waals surface area contributed by atoms with Crippen molar-refractivity contribution in [3.8, 4) is 0 Å². The van der Waals surface area contributed by atoms with E-state index in [0.717, 1.165) is 22.9 Å². The van der Waals surface area contributed by atoms with Crippen molar-refractivity contribution >= 4 is 10.9 Å². The number of aliphatic hydroxyl groups is 1. The van der Waals surface area contributed by atoms with E-state index in [4.69, 9.17) is 0 Å². The summed E-state index contributed by atoms with van der Waals surface area (Å²) < 4.78 is 0. The molecule has 20 heavy (non-hydrogen) atoms. The lowest BCUT2D eigenvalue weighted by molar-refractivity contribution is 0.168. The van der Waals surface area contributed by atoms with Crippen LogP contribution < -0.4 is 0 Å². The SMILES string of the molecule is OC(CCc1ccncc1)c1ccc2ncccc2c1. The van der Waals surface area contributed by atoms with Crippen molar-refractivity contribution in [2.45, 2.75) is 18.9 Å². The van der Waals surface area contributed by atoms with Crippen LogP contribution in [0.5, 0.6) is 0 Å². The maximum Gasteiger partial charge on any atom is 0.0793 e. The van der Waals surface area contributed by atoms with Crippen LogP contribution in [0.2, 0.25) is 0 Å². The van der Waals surface area contributed by atoms with E-state index in [1.807, 2.05) is 42.5 Å². The van der Waals surface area contributed by atoms with Gasteiger partial charge in [0, 0.05) is 24.0 Å². The van der Waals surface area contributed by atoms with E-state index in [1.165, 1.54) is 5.56 Å². The van der Waals surface area contributed by atoms with Gasteiger partial charge in [-0.1, -0.05) is 12.1 Å². The Labute approximate surface area is 117 Å². The van der Waals surface area contributed by atoms with Gasteiger partial charge in [-0.2, -0.15) is 0 Å². The molecule has 0 aliphatic carbocycles. The average molecular weight is 264 g/mol. The van der Waals surface area contributed by atoms with Crippen molar-refractivity contribution in [2.24, 2.45) is 0 Å². The zero-order chi connectivity index (χ0) is 13.8. The summed E-state index contributed by atoms with van der Waals surface area (Å²) in [5.41, 5.74) is 3.10. The highest BCUT2D eigenvalue weighted by Crippen LogP contribution is 2.22. The van der Waals surface area contributed by atoms with Gasteiger partial charge in [-0.05, 0) is 54.3 Å². The van der Waals surface area contributed by atoms with Crippen LogP contribution in [0.1, 0.15) is 23.7 Å². The van der Waals surface area contributed by atoms with Crippen LogP contribution in [0.3, 0.4) is 0 Å². The minimum atomic E-state index is -0.451. The number of benzene rings is 1. The van der Waals surface area contributed by atoms with E-state index >= 15 is 0 Å². The van der Waals surface area contributed by atoms with Gasteiger partial charge >= 0.3 is 0 Å². The summed E-state index contributed by atoms with van der Waals surface area (Å²) in [6.07, 6.45) is 6.44. The van der Waals surface area contributed by atoms with E-state index in [0.29, 0.717) is 6.42 Å². The summed E-state index contributed by atoms with van der Waals surface area (Å²) in [7, 11) is 0. The fourth-order valence-electron chi connectivity index (χ4n) is 2.32. The number of hydrogen-bond acceptors (Lipinski definition) is 3. The van der Waals surface area contributed by atoms with E-state index in [9.17, 15) is 5.11 Å². The topological polar surface area (TPSA) is 46.0 Å². The van der Waals surface area contributed by atoms with Crippen molar-refractivity contribution in [2.75, 3.05) is 0 Å². The third-order valence-corrected chi connectivity index (χ3v) is 3.47. The molecule has 3 heteroatoms. The highest BCUT2D eigenvalue weighted by molar-refractivity contribution is 5.78. The molecule has 1 atom stereocenters. The van der Waals surface area contributed by atoms with Gasteiger partial charge in [0.2, 0.25) is 0 Å². The van der Waals surface area contributed by atoms with E-state index < -0.39 is 6.10 Å². The van der Waals surface area contributed by atoms with Gasteiger partial charge < -0.3 is 5.11 Å². The highest BCUT2D eigenvalue weighted by atomic mass is 16.3. The van der Waals surface area contributed by atoms with Crippen LogP contribution in [-0.4, -0.2) is 15.1 Å². The Morgan fingerprint density at radius 3 is 2.70 bits per heavy atom. The molecule has 1 aromatic carbocycles. The van der Waals surface area contributed by atoms with Gasteiger partial charge in [0.25, 0.3) is 0 Å². The zero-order valence-electron chi connectivity index (χ0n) is 11.1. The summed E-state index contributed by atoms with van der Waals surface area (Å²) in [5, 5.41) is 11.4. The molecule has 0 aliphatic rings. The smallest absolute Gasteiger partial charge is 0.0793 e. The quantitative estimate of drug-likeness (QED) is 0.786. The molecule has 1 unspecified atom stereocenters. The lowest BCUT2D eigenvalue weighted by Gasteiger charge is -2.11. The molecule has 2 heterocycles. The molecule has 1 N–H and O–H groups in total. The molecule has 0 aliphatic heterocycles. The molecule has 0 bridgehead atoms. The zero-order valence-corrected chi connectivity index (χ0v) is 11.1. The number of aliphatic hydroxyl groups excluding tert-OH is 1. The molecule has 0 saturated carbocycles. The Bertz CT molecular complexity index is 697. The molecule has 0 fully saturated rings. The van der Waals surface area contributed by atoms with Crippen LogP contribution in [0.15, 0.2) is 61.1 Å². The number of pyridine rings is 2. The normalized spacial score (nSPS) is 12.4. The van der Waals surface area contributed by atoms with Crippen molar-refractivity contribution in [3.05, 3.63) is 72.2 Å². The lowest BCUT2D eigenvalue weighted by Crippen LogP contribution is -2.00. The van der Waals surface area contributed by atoms with Gasteiger partial charge in [0.15, 0.2) is 0 Å². The Kier molecular flexibility index (Phi) is 3.70. The summed E-state index contributed by atoms with van der Waals surface area (Å²) in [6.45, 7) is 0. The summed E-state index contributed by atoms with van der Waals surface area (Å²) >= 11 is 0. The molecule has 0 amide bonds. The maximum absolute atomic E-state index is 10.3. The first-order valence-electron chi connectivity index (χ1n) is 6.74. The lowest BCUT2D eigenvalue weighted by atomic mass is 10.0. The summed E-state index contributed by atoms with van der Waals surface area (Å²) in [6, 6.07) is 13.8. The number of aryl methyl sites for hydroxylation is 1. The molecule has 3 nitrogen and oxygen atoms in total. The van der Waals surface area contributed by atoms with Crippen LogP contribution in [0, 0.1) is 0 Å². The predicted octanol–water partition coefficient (Wildman–Crippen LogP) is 3.30. The monoisotopic (exact) mass is 264 g/mol. The molecule has 100 valence electrons. The molecule has 0 radical (unpaired) electrons. The van der Waals surface area contributed by atoms with Gasteiger partial charge in [-0.15, -0.1) is 0 Å². The van der Waals surface area contributed by atoms with Crippen molar-refractivity contribution in [1.29, 1.82) is 0 Å². The van der Waals surface area contributed by atoms with Crippen molar-refractivity contribution < 1.29 is 5.11 Å². The number of nitrogens with zero attached hydrogens (tertiary/aromatic N) is 2. The molecule has 0 spiro atoms.